The molecular formula is C7H7N3O4. The summed E-state index contributed by atoms with van der Waals surface area (Å²) in [4.78, 5) is 20.5. The van der Waals surface area contributed by atoms with Crippen LogP contribution in [0.3, 0.4) is 0 Å². The summed E-state index contributed by atoms with van der Waals surface area (Å²) in [6, 6.07) is 4.67. The Hall–Kier alpha value is -2.15. The fraction of sp³-hybridized carbons (Fsp3) is 0. The molecule has 7 nitrogen and oxygen atoms in total. The van der Waals surface area contributed by atoms with Crippen molar-refractivity contribution in [1.82, 2.24) is 5.48 Å². The van der Waals surface area contributed by atoms with E-state index in [-0.39, 0.29) is 11.4 Å². The van der Waals surface area contributed by atoms with E-state index in [0.717, 1.165) is 0 Å². The Morgan fingerprint density at radius 3 is 2.64 bits per heavy atom. The summed E-state index contributed by atoms with van der Waals surface area (Å²) in [5.41, 5.74) is 1.08. The Balaban J connectivity index is 2.95. The van der Waals surface area contributed by atoms with Gasteiger partial charge in [-0.15, -0.1) is 0 Å². The molecule has 0 radical (unpaired) electrons. The second kappa shape index (κ2) is 4.19. The van der Waals surface area contributed by atoms with E-state index in [9.17, 15) is 14.9 Å². The van der Waals surface area contributed by atoms with E-state index in [1.54, 1.807) is 0 Å². The molecule has 0 spiro atoms. The second-order valence-corrected chi connectivity index (χ2v) is 2.34. The number of nitro groups is 1. The second-order valence-electron chi connectivity index (χ2n) is 2.34. The first-order valence-corrected chi connectivity index (χ1v) is 3.59. The smallest absolute Gasteiger partial charge is 0.300 e. The predicted octanol–water partition coefficient (Wildman–Crippen LogP) is 1.11. The molecule has 0 saturated heterocycles. The Bertz CT molecular complexity index is 366. The van der Waals surface area contributed by atoms with Gasteiger partial charge in [-0.25, -0.2) is 10.3 Å². The summed E-state index contributed by atoms with van der Waals surface area (Å²) < 4.78 is 0. The lowest BCUT2D eigenvalue weighted by Gasteiger charge is -2.03. The predicted molar refractivity (Wildman–Crippen MR) is 47.0 cm³/mol. The summed E-state index contributed by atoms with van der Waals surface area (Å²) in [6.07, 6.45) is 0. The minimum atomic E-state index is -0.931. The van der Waals surface area contributed by atoms with E-state index in [4.69, 9.17) is 5.21 Å². The molecule has 14 heavy (non-hydrogen) atoms. The standard InChI is InChI=1S/C7H7N3O4/c11-7(9-12)8-5-3-1-2-4-6(5)10(13)14/h1-4,12H,(H2,8,9,11). The molecule has 0 unspecified atom stereocenters. The van der Waals surface area contributed by atoms with Crippen molar-refractivity contribution in [2.45, 2.75) is 0 Å². The molecule has 0 heterocycles. The molecule has 0 saturated carbocycles. The molecule has 0 atom stereocenters. The number of hydrogen-bond acceptors (Lipinski definition) is 4. The molecule has 74 valence electrons. The van der Waals surface area contributed by atoms with Gasteiger partial charge < -0.3 is 5.32 Å². The lowest BCUT2D eigenvalue weighted by atomic mass is 10.3. The normalized spacial score (nSPS) is 9.21. The molecule has 0 aliphatic heterocycles. The van der Waals surface area contributed by atoms with Gasteiger partial charge in [0.05, 0.1) is 4.92 Å². The van der Waals surface area contributed by atoms with Crippen LogP contribution in [0.4, 0.5) is 16.2 Å². The number of nitrogens with one attached hydrogen (secondary N) is 2. The monoisotopic (exact) mass is 197 g/mol. The number of nitrogens with zero attached hydrogens (tertiary/aromatic N) is 1. The zero-order chi connectivity index (χ0) is 10.6. The van der Waals surface area contributed by atoms with Crippen molar-refractivity contribution < 1.29 is 14.9 Å². The van der Waals surface area contributed by atoms with Crippen molar-refractivity contribution in [2.24, 2.45) is 0 Å². The summed E-state index contributed by atoms with van der Waals surface area (Å²) in [6.45, 7) is 0. The van der Waals surface area contributed by atoms with Gasteiger partial charge in [0.1, 0.15) is 5.69 Å². The average molecular weight is 197 g/mol. The number of anilines is 1. The molecule has 0 aliphatic rings. The van der Waals surface area contributed by atoms with Crippen LogP contribution in [0.15, 0.2) is 24.3 Å². The van der Waals surface area contributed by atoms with E-state index < -0.39 is 11.0 Å². The highest BCUT2D eigenvalue weighted by atomic mass is 16.6. The van der Waals surface area contributed by atoms with Crippen LogP contribution < -0.4 is 10.8 Å². The highest BCUT2D eigenvalue weighted by Gasteiger charge is 2.13. The number of para-hydroxylation sites is 2. The third-order valence-corrected chi connectivity index (χ3v) is 1.45. The van der Waals surface area contributed by atoms with Crippen LogP contribution in [0.25, 0.3) is 0 Å². The lowest BCUT2D eigenvalue weighted by molar-refractivity contribution is -0.383. The Morgan fingerprint density at radius 2 is 2.07 bits per heavy atom. The van der Waals surface area contributed by atoms with Gasteiger partial charge in [0, 0.05) is 6.07 Å². The largest absolute Gasteiger partial charge is 0.343 e. The lowest BCUT2D eigenvalue weighted by Crippen LogP contribution is -2.25. The fourth-order valence-electron chi connectivity index (χ4n) is 0.889. The number of amides is 2. The molecular weight excluding hydrogens is 190 g/mol. The highest BCUT2D eigenvalue weighted by molar-refractivity contribution is 5.90. The van der Waals surface area contributed by atoms with Crippen LogP contribution in [0.2, 0.25) is 0 Å². The minimum Gasteiger partial charge on any atom is -0.300 e. The van der Waals surface area contributed by atoms with E-state index in [1.165, 1.54) is 29.7 Å². The van der Waals surface area contributed by atoms with E-state index in [1.807, 2.05) is 0 Å². The van der Waals surface area contributed by atoms with Gasteiger partial charge in [0.15, 0.2) is 0 Å². The summed E-state index contributed by atoms with van der Waals surface area (Å²) >= 11 is 0. The first-order valence-electron chi connectivity index (χ1n) is 3.59. The van der Waals surface area contributed by atoms with Gasteiger partial charge in [0.25, 0.3) is 5.69 Å². The third-order valence-electron chi connectivity index (χ3n) is 1.45. The Labute approximate surface area is 78.5 Å². The molecule has 2 amide bonds. The van der Waals surface area contributed by atoms with E-state index in [2.05, 4.69) is 5.32 Å². The number of carbonyl (C=O) groups is 1. The molecule has 0 fully saturated rings. The SMILES string of the molecule is O=C(NO)Nc1ccccc1[N+](=O)[O-]. The molecule has 0 bridgehead atoms. The number of benzene rings is 1. The van der Waals surface area contributed by atoms with E-state index in [0.29, 0.717) is 0 Å². The number of hydrogen-bond donors (Lipinski definition) is 3. The van der Waals surface area contributed by atoms with Crippen LogP contribution >= 0.6 is 0 Å². The number of rotatable bonds is 2. The van der Waals surface area contributed by atoms with Crippen molar-refractivity contribution in [3.8, 4) is 0 Å². The van der Waals surface area contributed by atoms with Gasteiger partial charge >= 0.3 is 6.03 Å². The molecule has 1 rings (SSSR count). The number of carbonyl (C=O) groups excluding carboxylic acids is 1. The number of hydroxylamine groups is 1. The quantitative estimate of drug-likeness (QED) is 0.375. The zero-order valence-corrected chi connectivity index (χ0v) is 6.93. The van der Waals surface area contributed by atoms with Crippen molar-refractivity contribution >= 4 is 17.4 Å². The first-order chi connectivity index (χ1) is 6.65. The molecule has 1 aromatic rings. The Morgan fingerprint density at radius 1 is 1.43 bits per heavy atom. The molecule has 7 heteroatoms. The van der Waals surface area contributed by atoms with Crippen LogP contribution in [0.5, 0.6) is 0 Å². The summed E-state index contributed by atoms with van der Waals surface area (Å²) in [7, 11) is 0. The summed E-state index contributed by atoms with van der Waals surface area (Å²) in [5.74, 6) is 0. The fourth-order valence-corrected chi connectivity index (χ4v) is 0.889. The average Bonchev–Trinajstić information content (AvgIpc) is 2.18. The maximum absolute atomic E-state index is 10.7. The maximum atomic E-state index is 10.7. The van der Waals surface area contributed by atoms with Crippen molar-refractivity contribution in [1.29, 1.82) is 0 Å². The molecule has 1 aromatic carbocycles. The topological polar surface area (TPSA) is 104 Å². The minimum absolute atomic E-state index is 0.0176. The van der Waals surface area contributed by atoms with Crippen LogP contribution in [-0.2, 0) is 0 Å². The third kappa shape index (κ3) is 2.17. The van der Waals surface area contributed by atoms with Gasteiger partial charge in [-0.05, 0) is 6.07 Å². The van der Waals surface area contributed by atoms with Gasteiger partial charge in [0.2, 0.25) is 0 Å². The molecule has 0 aliphatic carbocycles. The van der Waals surface area contributed by atoms with Crippen molar-refractivity contribution in [2.75, 3.05) is 5.32 Å². The number of nitro benzene ring substituents is 1. The van der Waals surface area contributed by atoms with Crippen molar-refractivity contribution in [3.63, 3.8) is 0 Å². The van der Waals surface area contributed by atoms with Gasteiger partial charge in [-0.3, -0.25) is 15.3 Å². The maximum Gasteiger partial charge on any atom is 0.343 e. The van der Waals surface area contributed by atoms with Crippen LogP contribution in [0, 0.1) is 10.1 Å². The molecule has 0 aromatic heterocycles. The van der Waals surface area contributed by atoms with Crippen molar-refractivity contribution in [3.05, 3.63) is 34.4 Å². The summed E-state index contributed by atoms with van der Waals surface area (Å²) in [5, 5.41) is 20.8. The van der Waals surface area contributed by atoms with Crippen LogP contribution in [-0.4, -0.2) is 16.2 Å². The first kappa shape index (κ1) is 9.93. The number of urea groups is 1. The Kier molecular flexibility index (Phi) is 2.97. The van der Waals surface area contributed by atoms with E-state index >= 15 is 0 Å². The molecule has 3 N–H and O–H groups in total. The zero-order valence-electron chi connectivity index (χ0n) is 6.93. The van der Waals surface area contributed by atoms with Crippen LogP contribution in [0.1, 0.15) is 0 Å². The van der Waals surface area contributed by atoms with Gasteiger partial charge in [-0.1, -0.05) is 12.1 Å². The van der Waals surface area contributed by atoms with Gasteiger partial charge in [-0.2, -0.15) is 0 Å². The highest BCUT2D eigenvalue weighted by Crippen LogP contribution is 2.22.